The van der Waals surface area contributed by atoms with Gasteiger partial charge in [-0.2, -0.15) is 5.10 Å². The number of furan rings is 1. The van der Waals surface area contributed by atoms with Gasteiger partial charge in [0.25, 0.3) is 5.91 Å². The molecule has 0 spiro atoms. The molecule has 0 saturated carbocycles. The Kier molecular flexibility index (Phi) is 4.52. The largest absolute Gasteiger partial charge is 0.459 e. The number of nitrogens with zero attached hydrogens (tertiary/aromatic N) is 3. The number of carbonyl (C=O) groups excluding carboxylic acids is 2. The van der Waals surface area contributed by atoms with Gasteiger partial charge in [0.15, 0.2) is 5.76 Å². The molecule has 1 aliphatic heterocycles. The van der Waals surface area contributed by atoms with Crippen molar-refractivity contribution in [2.24, 2.45) is 0 Å². The highest BCUT2D eigenvalue weighted by Crippen LogP contribution is 2.24. The van der Waals surface area contributed by atoms with E-state index in [0.717, 1.165) is 22.5 Å². The number of hydrogen-bond donors (Lipinski definition) is 1. The molecule has 4 rings (SSSR count). The van der Waals surface area contributed by atoms with Crippen molar-refractivity contribution in [3.8, 4) is 0 Å². The number of amides is 1. The van der Waals surface area contributed by atoms with E-state index in [1.165, 1.54) is 11.0 Å². The monoisotopic (exact) mass is 384 g/mol. The molecule has 0 radical (unpaired) electrons. The average Bonchev–Trinajstić information content (AvgIpc) is 3.45. The first kappa shape index (κ1) is 17.7. The Balaban J connectivity index is 1.42. The van der Waals surface area contributed by atoms with Crippen molar-refractivity contribution in [1.82, 2.24) is 15.1 Å². The molecule has 1 aliphatic rings. The SMILES string of the molecule is O=C(OCc1ccc2cn[nH]c2c1)[C@@H]1CCCN1C(=O)c1ccc([N+](=O)[O-])o1. The molecule has 1 atom stereocenters. The molecule has 144 valence electrons. The number of likely N-dealkylation sites (tertiary alicyclic amines) is 1. The van der Waals surface area contributed by atoms with Crippen LogP contribution in [0.5, 0.6) is 0 Å². The minimum absolute atomic E-state index is 0.0680. The van der Waals surface area contributed by atoms with E-state index in [1.54, 1.807) is 6.20 Å². The van der Waals surface area contributed by atoms with Crippen LogP contribution in [0.1, 0.15) is 29.0 Å². The van der Waals surface area contributed by atoms with Crippen molar-refractivity contribution >= 4 is 28.7 Å². The van der Waals surface area contributed by atoms with Crippen molar-refractivity contribution in [2.75, 3.05) is 6.54 Å². The Labute approximate surface area is 158 Å². The molecular formula is C18H16N4O6. The Bertz CT molecular complexity index is 1060. The summed E-state index contributed by atoms with van der Waals surface area (Å²) in [5.41, 5.74) is 1.63. The summed E-state index contributed by atoms with van der Waals surface area (Å²) in [6.07, 6.45) is 2.80. The summed E-state index contributed by atoms with van der Waals surface area (Å²) in [5.74, 6) is -1.77. The van der Waals surface area contributed by atoms with Gasteiger partial charge in [-0.05, 0) is 30.5 Å². The minimum atomic E-state index is -0.743. The number of nitrogens with one attached hydrogen (secondary N) is 1. The summed E-state index contributed by atoms with van der Waals surface area (Å²) in [6, 6.07) is 7.16. The second-order valence-electron chi connectivity index (χ2n) is 6.45. The predicted octanol–water partition coefficient (Wildman–Crippen LogP) is 2.41. The molecule has 0 aliphatic carbocycles. The van der Waals surface area contributed by atoms with Crippen LogP contribution in [-0.2, 0) is 16.1 Å². The lowest BCUT2D eigenvalue weighted by atomic mass is 10.2. The summed E-state index contributed by atoms with van der Waals surface area (Å²) in [7, 11) is 0. The number of benzene rings is 1. The van der Waals surface area contributed by atoms with Crippen LogP contribution in [-0.4, -0.2) is 44.5 Å². The van der Waals surface area contributed by atoms with Crippen molar-refractivity contribution in [2.45, 2.75) is 25.5 Å². The maximum absolute atomic E-state index is 12.6. The summed E-state index contributed by atoms with van der Waals surface area (Å²) in [5, 5.41) is 18.5. The number of nitro groups is 1. The van der Waals surface area contributed by atoms with E-state index in [-0.39, 0.29) is 12.4 Å². The van der Waals surface area contributed by atoms with Gasteiger partial charge in [-0.15, -0.1) is 0 Å². The highest BCUT2D eigenvalue weighted by molar-refractivity contribution is 5.95. The number of ether oxygens (including phenoxy) is 1. The van der Waals surface area contributed by atoms with Crippen molar-refractivity contribution in [3.63, 3.8) is 0 Å². The first-order valence-corrected chi connectivity index (χ1v) is 8.67. The van der Waals surface area contributed by atoms with Gasteiger partial charge in [-0.25, -0.2) is 4.79 Å². The molecule has 1 fully saturated rings. The van der Waals surface area contributed by atoms with E-state index in [1.807, 2.05) is 18.2 Å². The number of H-pyrrole nitrogens is 1. The van der Waals surface area contributed by atoms with Gasteiger partial charge >= 0.3 is 11.9 Å². The zero-order valence-corrected chi connectivity index (χ0v) is 14.7. The lowest BCUT2D eigenvalue weighted by molar-refractivity contribution is -0.402. The van der Waals surface area contributed by atoms with E-state index in [0.29, 0.717) is 19.4 Å². The number of rotatable bonds is 5. The van der Waals surface area contributed by atoms with Crippen LogP contribution in [0.3, 0.4) is 0 Å². The fourth-order valence-electron chi connectivity index (χ4n) is 3.26. The third kappa shape index (κ3) is 3.31. The van der Waals surface area contributed by atoms with Crippen LogP contribution in [0, 0.1) is 10.1 Å². The van der Waals surface area contributed by atoms with Gasteiger partial charge in [0.05, 0.1) is 17.8 Å². The molecule has 1 aromatic carbocycles. The smallest absolute Gasteiger partial charge is 0.433 e. The first-order chi connectivity index (χ1) is 13.5. The first-order valence-electron chi connectivity index (χ1n) is 8.67. The third-order valence-corrected chi connectivity index (χ3v) is 4.66. The maximum Gasteiger partial charge on any atom is 0.433 e. The Morgan fingerprint density at radius 3 is 3.00 bits per heavy atom. The average molecular weight is 384 g/mol. The number of hydrogen-bond acceptors (Lipinski definition) is 7. The molecule has 1 saturated heterocycles. The van der Waals surface area contributed by atoms with Crippen molar-refractivity contribution in [3.05, 3.63) is 58.0 Å². The van der Waals surface area contributed by atoms with E-state index in [2.05, 4.69) is 10.2 Å². The molecule has 10 heteroatoms. The topological polar surface area (TPSA) is 132 Å². The van der Waals surface area contributed by atoms with Crippen LogP contribution < -0.4 is 0 Å². The van der Waals surface area contributed by atoms with Gasteiger partial charge in [0.2, 0.25) is 0 Å². The Morgan fingerprint density at radius 2 is 2.21 bits per heavy atom. The summed E-state index contributed by atoms with van der Waals surface area (Å²) in [4.78, 5) is 36.4. The standard InChI is InChI=1S/C18H16N4O6/c23-17(15-5-6-16(28-15)22(25)26)21-7-1-2-14(21)18(24)27-10-11-3-4-12-9-19-20-13(12)8-11/h3-6,8-9,14H,1-2,7,10H2,(H,19,20)/t14-/m0/s1. The van der Waals surface area contributed by atoms with Gasteiger partial charge in [-0.3, -0.25) is 20.0 Å². The molecule has 0 unspecified atom stereocenters. The van der Waals surface area contributed by atoms with E-state index < -0.39 is 28.7 Å². The fraction of sp³-hybridized carbons (Fsp3) is 0.278. The Hall–Kier alpha value is -3.69. The van der Waals surface area contributed by atoms with Crippen LogP contribution in [0.25, 0.3) is 10.9 Å². The molecule has 10 nitrogen and oxygen atoms in total. The van der Waals surface area contributed by atoms with E-state index in [4.69, 9.17) is 9.15 Å². The number of carbonyl (C=O) groups is 2. The maximum atomic E-state index is 12.6. The second-order valence-corrected chi connectivity index (χ2v) is 6.45. The van der Waals surface area contributed by atoms with Crippen LogP contribution in [0.4, 0.5) is 5.88 Å². The van der Waals surface area contributed by atoms with E-state index in [9.17, 15) is 19.7 Å². The lowest BCUT2D eigenvalue weighted by Crippen LogP contribution is -2.41. The number of esters is 1. The zero-order valence-electron chi connectivity index (χ0n) is 14.7. The molecule has 1 amide bonds. The predicted molar refractivity (Wildman–Crippen MR) is 95.3 cm³/mol. The highest BCUT2D eigenvalue weighted by Gasteiger charge is 2.37. The van der Waals surface area contributed by atoms with Crippen molar-refractivity contribution < 1.29 is 23.7 Å². The molecule has 3 heterocycles. The minimum Gasteiger partial charge on any atom is -0.459 e. The second kappa shape index (κ2) is 7.14. The number of aromatic amines is 1. The summed E-state index contributed by atoms with van der Waals surface area (Å²) < 4.78 is 10.3. The zero-order chi connectivity index (χ0) is 19.7. The van der Waals surface area contributed by atoms with Gasteiger partial charge in [-0.1, -0.05) is 12.1 Å². The molecule has 0 bridgehead atoms. The lowest BCUT2D eigenvalue weighted by Gasteiger charge is -2.22. The Morgan fingerprint density at radius 1 is 1.36 bits per heavy atom. The van der Waals surface area contributed by atoms with Gasteiger partial charge in [0, 0.05) is 11.9 Å². The summed E-state index contributed by atoms with van der Waals surface area (Å²) >= 11 is 0. The molecule has 3 aromatic rings. The number of fused-ring (bicyclic) bond motifs is 1. The normalized spacial score (nSPS) is 16.4. The van der Waals surface area contributed by atoms with Crippen LogP contribution in [0.2, 0.25) is 0 Å². The molecule has 1 N–H and O–H groups in total. The van der Waals surface area contributed by atoms with Gasteiger partial charge in [0.1, 0.15) is 17.6 Å². The van der Waals surface area contributed by atoms with Crippen molar-refractivity contribution in [1.29, 1.82) is 0 Å². The van der Waals surface area contributed by atoms with Gasteiger partial charge < -0.3 is 14.1 Å². The third-order valence-electron chi connectivity index (χ3n) is 4.66. The molecular weight excluding hydrogens is 368 g/mol. The van der Waals surface area contributed by atoms with E-state index >= 15 is 0 Å². The van der Waals surface area contributed by atoms with Crippen LogP contribution in [0.15, 0.2) is 40.9 Å². The molecule has 28 heavy (non-hydrogen) atoms. The van der Waals surface area contributed by atoms with Crippen LogP contribution >= 0.6 is 0 Å². The summed E-state index contributed by atoms with van der Waals surface area (Å²) in [6.45, 7) is 0.422. The number of aromatic nitrogens is 2. The highest BCUT2D eigenvalue weighted by atomic mass is 16.6. The fourth-order valence-corrected chi connectivity index (χ4v) is 3.26. The molecule has 2 aromatic heterocycles. The quantitative estimate of drug-likeness (QED) is 0.406.